The number of unbranched alkanes of at least 4 members (excludes halogenated alkanes) is 1. The molecule has 1 fully saturated rings. The van der Waals surface area contributed by atoms with Crippen LogP contribution in [-0.2, 0) is 4.79 Å². The second kappa shape index (κ2) is 12.4. The maximum Gasteiger partial charge on any atom is 0.324 e. The summed E-state index contributed by atoms with van der Waals surface area (Å²) in [6, 6.07) is 9.10. The van der Waals surface area contributed by atoms with E-state index in [1.165, 1.54) is 11.1 Å². The topological polar surface area (TPSA) is 71.7 Å². The lowest BCUT2D eigenvalue weighted by molar-refractivity contribution is -0.134. The number of benzene rings is 1. The fourth-order valence-corrected chi connectivity index (χ4v) is 5.00. The van der Waals surface area contributed by atoms with Crippen LogP contribution < -0.4 is 9.64 Å². The minimum atomic E-state index is 0.127. The summed E-state index contributed by atoms with van der Waals surface area (Å²) >= 11 is 0. The van der Waals surface area contributed by atoms with E-state index in [1.54, 1.807) is 0 Å². The van der Waals surface area contributed by atoms with E-state index < -0.39 is 0 Å². The van der Waals surface area contributed by atoms with Gasteiger partial charge in [0.15, 0.2) is 5.82 Å². The molecule has 1 amide bonds. The van der Waals surface area contributed by atoms with Gasteiger partial charge in [-0.1, -0.05) is 50.6 Å². The SMILES string of the molecule is CCCCN(C)C(=O)C1CC=C(c2ccc(OCC3CCN(c4nc(C(C)C)no4)CC3)cc2)CC1. The van der Waals surface area contributed by atoms with E-state index in [0.717, 1.165) is 82.8 Å². The minimum Gasteiger partial charge on any atom is -0.493 e. The highest BCUT2D eigenvalue weighted by Crippen LogP contribution is 2.32. The van der Waals surface area contributed by atoms with Crippen molar-refractivity contribution in [2.45, 2.75) is 71.6 Å². The van der Waals surface area contributed by atoms with Crippen molar-refractivity contribution in [1.82, 2.24) is 15.0 Å². The number of hydrogen-bond acceptors (Lipinski definition) is 6. The number of carbonyl (C=O) groups excluding carboxylic acids is 1. The molecule has 1 aromatic carbocycles. The first-order chi connectivity index (χ1) is 17.4. The maximum absolute atomic E-state index is 12.7. The van der Waals surface area contributed by atoms with Crippen LogP contribution >= 0.6 is 0 Å². The smallest absolute Gasteiger partial charge is 0.324 e. The van der Waals surface area contributed by atoms with Gasteiger partial charge in [0.2, 0.25) is 5.91 Å². The highest BCUT2D eigenvalue weighted by Gasteiger charge is 2.25. The Bertz CT molecular complexity index is 1010. The lowest BCUT2D eigenvalue weighted by Gasteiger charge is -2.30. The number of carbonyl (C=O) groups is 1. The molecule has 0 spiro atoms. The van der Waals surface area contributed by atoms with E-state index in [9.17, 15) is 4.79 Å². The van der Waals surface area contributed by atoms with Crippen molar-refractivity contribution < 1.29 is 14.1 Å². The molecule has 1 atom stereocenters. The Balaban J connectivity index is 1.21. The number of nitrogens with zero attached hydrogens (tertiary/aromatic N) is 4. The Kier molecular flexibility index (Phi) is 9.05. The predicted molar refractivity (Wildman–Crippen MR) is 143 cm³/mol. The lowest BCUT2D eigenvalue weighted by Crippen LogP contribution is -2.35. The van der Waals surface area contributed by atoms with E-state index >= 15 is 0 Å². The minimum absolute atomic E-state index is 0.127. The summed E-state index contributed by atoms with van der Waals surface area (Å²) in [6.07, 6.45) is 9.28. The lowest BCUT2D eigenvalue weighted by atomic mass is 9.86. The second-order valence-corrected chi connectivity index (χ2v) is 10.7. The van der Waals surface area contributed by atoms with Crippen LogP contribution in [0.4, 0.5) is 6.01 Å². The van der Waals surface area contributed by atoms with Crippen molar-refractivity contribution in [1.29, 1.82) is 0 Å². The highest BCUT2D eigenvalue weighted by molar-refractivity contribution is 5.80. The molecule has 0 radical (unpaired) electrons. The Morgan fingerprint density at radius 1 is 1.19 bits per heavy atom. The quantitative estimate of drug-likeness (QED) is 0.408. The Morgan fingerprint density at radius 2 is 1.94 bits per heavy atom. The van der Waals surface area contributed by atoms with E-state index in [4.69, 9.17) is 9.26 Å². The molecule has 2 aromatic rings. The molecule has 2 heterocycles. The first-order valence-corrected chi connectivity index (χ1v) is 13.7. The van der Waals surface area contributed by atoms with Crippen LogP contribution in [0.1, 0.15) is 83.0 Å². The number of rotatable bonds is 10. The summed E-state index contributed by atoms with van der Waals surface area (Å²) in [5, 5.41) is 4.08. The summed E-state index contributed by atoms with van der Waals surface area (Å²) in [4.78, 5) is 21.3. The van der Waals surface area contributed by atoms with Gasteiger partial charge in [-0.2, -0.15) is 4.98 Å². The predicted octanol–water partition coefficient (Wildman–Crippen LogP) is 5.93. The fourth-order valence-electron chi connectivity index (χ4n) is 5.00. The van der Waals surface area contributed by atoms with Crippen molar-refractivity contribution >= 4 is 17.5 Å². The van der Waals surface area contributed by atoms with Gasteiger partial charge >= 0.3 is 6.01 Å². The van der Waals surface area contributed by atoms with Gasteiger partial charge < -0.3 is 19.1 Å². The van der Waals surface area contributed by atoms with Crippen molar-refractivity contribution in [3.63, 3.8) is 0 Å². The van der Waals surface area contributed by atoms with Crippen LogP contribution in [0.25, 0.3) is 5.57 Å². The van der Waals surface area contributed by atoms with Gasteiger partial charge in [-0.15, -0.1) is 0 Å². The van der Waals surface area contributed by atoms with Crippen molar-refractivity contribution in [3.8, 4) is 5.75 Å². The maximum atomic E-state index is 12.7. The van der Waals surface area contributed by atoms with Crippen LogP contribution in [0.3, 0.4) is 0 Å². The molecule has 4 rings (SSSR count). The number of anilines is 1. The van der Waals surface area contributed by atoms with Gasteiger partial charge in [-0.25, -0.2) is 0 Å². The number of allylic oxidation sites excluding steroid dienone is 2. The van der Waals surface area contributed by atoms with Crippen LogP contribution in [0.5, 0.6) is 5.75 Å². The van der Waals surface area contributed by atoms with Gasteiger partial charge in [0.05, 0.1) is 6.61 Å². The van der Waals surface area contributed by atoms with Crippen LogP contribution in [0.15, 0.2) is 34.9 Å². The summed E-state index contributed by atoms with van der Waals surface area (Å²) in [5.74, 6) is 2.91. The Hall–Kier alpha value is -2.83. The second-order valence-electron chi connectivity index (χ2n) is 10.7. The number of piperidine rings is 1. The Labute approximate surface area is 215 Å². The zero-order valence-electron chi connectivity index (χ0n) is 22.4. The summed E-state index contributed by atoms with van der Waals surface area (Å²) in [7, 11) is 1.94. The third-order valence-corrected chi connectivity index (χ3v) is 7.53. The molecule has 36 heavy (non-hydrogen) atoms. The molecule has 0 N–H and O–H groups in total. The van der Waals surface area contributed by atoms with Crippen molar-refractivity contribution in [2.24, 2.45) is 11.8 Å². The number of amides is 1. The Morgan fingerprint density at radius 3 is 2.56 bits per heavy atom. The molecule has 7 nitrogen and oxygen atoms in total. The first-order valence-electron chi connectivity index (χ1n) is 13.7. The third-order valence-electron chi connectivity index (χ3n) is 7.53. The molecular formula is C29H42N4O3. The molecule has 1 saturated heterocycles. The van der Waals surface area contributed by atoms with Gasteiger partial charge in [-0.05, 0) is 67.7 Å². The zero-order valence-corrected chi connectivity index (χ0v) is 22.4. The van der Waals surface area contributed by atoms with Crippen molar-refractivity contribution in [3.05, 3.63) is 41.7 Å². The molecule has 1 aromatic heterocycles. The molecule has 196 valence electrons. The molecule has 1 aliphatic heterocycles. The number of hydrogen-bond donors (Lipinski definition) is 0. The normalized spacial score (nSPS) is 18.9. The summed E-state index contributed by atoms with van der Waals surface area (Å²) < 4.78 is 11.6. The fraction of sp³-hybridized carbons (Fsp3) is 0.621. The zero-order chi connectivity index (χ0) is 25.5. The average Bonchev–Trinajstić information content (AvgIpc) is 3.42. The largest absolute Gasteiger partial charge is 0.493 e. The van der Waals surface area contributed by atoms with Crippen LogP contribution in [0, 0.1) is 11.8 Å². The van der Waals surface area contributed by atoms with Crippen LogP contribution in [0.2, 0.25) is 0 Å². The molecule has 0 saturated carbocycles. The molecule has 1 aliphatic carbocycles. The van der Waals surface area contributed by atoms with E-state index in [1.807, 2.05) is 11.9 Å². The van der Waals surface area contributed by atoms with E-state index in [2.05, 4.69) is 66.2 Å². The van der Waals surface area contributed by atoms with Gasteiger partial charge in [0.25, 0.3) is 0 Å². The average molecular weight is 495 g/mol. The third kappa shape index (κ3) is 6.68. The highest BCUT2D eigenvalue weighted by atomic mass is 16.5. The van der Waals surface area contributed by atoms with Crippen molar-refractivity contribution in [2.75, 3.05) is 38.2 Å². The van der Waals surface area contributed by atoms with Crippen LogP contribution in [-0.4, -0.2) is 54.2 Å². The van der Waals surface area contributed by atoms with E-state index in [0.29, 0.717) is 17.8 Å². The molecule has 7 heteroatoms. The number of aromatic nitrogens is 2. The van der Waals surface area contributed by atoms with Gasteiger partial charge in [0, 0.05) is 38.5 Å². The van der Waals surface area contributed by atoms with E-state index in [-0.39, 0.29) is 11.8 Å². The number of ether oxygens (including phenoxy) is 1. The standard InChI is InChI=1S/C29H42N4O3/c1-5-6-17-32(4)28(34)25-9-7-23(8-10-25)24-11-13-26(14-12-24)35-20-22-15-18-33(19-16-22)29-30-27(21(2)3)31-36-29/h7,11-14,21-22,25H,5-6,8-10,15-20H2,1-4H3. The molecule has 0 bridgehead atoms. The first kappa shape index (κ1) is 26.2. The van der Waals surface area contributed by atoms with Gasteiger partial charge in [-0.3, -0.25) is 4.79 Å². The summed E-state index contributed by atoms with van der Waals surface area (Å²) in [6.45, 7) is 9.73. The molecule has 2 aliphatic rings. The molecule has 1 unspecified atom stereocenters. The summed E-state index contributed by atoms with van der Waals surface area (Å²) in [5.41, 5.74) is 2.58. The monoisotopic (exact) mass is 494 g/mol. The molecular weight excluding hydrogens is 452 g/mol. The van der Waals surface area contributed by atoms with Gasteiger partial charge in [0.1, 0.15) is 5.75 Å².